The molecule has 0 bridgehead atoms. The summed E-state index contributed by atoms with van der Waals surface area (Å²) in [6.07, 6.45) is -4.77. The summed E-state index contributed by atoms with van der Waals surface area (Å²) < 4.78 is 73.6. The summed E-state index contributed by atoms with van der Waals surface area (Å²) in [6.45, 7) is 0. The second kappa shape index (κ2) is 9.35. The van der Waals surface area contributed by atoms with Gasteiger partial charge in [-0.3, -0.25) is 0 Å². The Morgan fingerprint density at radius 1 is 0.970 bits per heavy atom. The van der Waals surface area contributed by atoms with E-state index in [1.807, 2.05) is 0 Å². The van der Waals surface area contributed by atoms with Crippen molar-refractivity contribution in [2.24, 2.45) is 5.92 Å². The number of ether oxygens (including phenoxy) is 1. The molecule has 7 heteroatoms. The van der Waals surface area contributed by atoms with Crippen molar-refractivity contribution in [3.05, 3.63) is 101 Å². The summed E-state index contributed by atoms with van der Waals surface area (Å²) in [7, 11) is 0. The predicted molar refractivity (Wildman–Crippen MR) is 115 cm³/mol. The van der Waals surface area contributed by atoms with Crippen molar-refractivity contribution >= 4 is 5.57 Å². The quantitative estimate of drug-likeness (QED) is 0.374. The van der Waals surface area contributed by atoms with Crippen LogP contribution >= 0.6 is 0 Å². The number of para-hydroxylation sites is 1. The highest BCUT2D eigenvalue weighted by Crippen LogP contribution is 2.45. The number of aliphatic hydroxyl groups excluding tert-OH is 1. The molecule has 0 aromatic heterocycles. The Bertz CT molecular complexity index is 1130. The summed E-state index contributed by atoms with van der Waals surface area (Å²) in [5, 5.41) is 10.6. The Balaban J connectivity index is 1.56. The van der Waals surface area contributed by atoms with Crippen LogP contribution in [0.5, 0.6) is 11.5 Å². The zero-order chi connectivity index (χ0) is 23.6. The van der Waals surface area contributed by atoms with E-state index in [0.29, 0.717) is 29.7 Å². The maximum atomic E-state index is 15.3. The van der Waals surface area contributed by atoms with Gasteiger partial charge < -0.3 is 9.84 Å². The molecule has 1 atom stereocenters. The van der Waals surface area contributed by atoms with Gasteiger partial charge in [0.25, 0.3) is 0 Å². The largest absolute Gasteiger partial charge is 0.454 e. The molecule has 0 aliphatic heterocycles. The number of halogens is 5. The van der Waals surface area contributed by atoms with Gasteiger partial charge in [0.2, 0.25) is 0 Å². The monoisotopic (exact) mass is 460 g/mol. The highest BCUT2D eigenvalue weighted by molar-refractivity contribution is 5.72. The van der Waals surface area contributed by atoms with E-state index in [-0.39, 0.29) is 23.7 Å². The zero-order valence-electron chi connectivity index (χ0n) is 17.4. The average molecular weight is 460 g/mol. The fourth-order valence-corrected chi connectivity index (χ4v) is 3.64. The van der Waals surface area contributed by atoms with Gasteiger partial charge in [0.1, 0.15) is 17.7 Å². The normalized spacial score (nSPS) is 15.7. The number of allylic oxidation sites excluding steroid dienone is 1. The van der Waals surface area contributed by atoms with Crippen LogP contribution in [0.25, 0.3) is 5.57 Å². The van der Waals surface area contributed by atoms with E-state index in [1.165, 1.54) is 30.3 Å². The van der Waals surface area contributed by atoms with Gasteiger partial charge >= 0.3 is 6.18 Å². The van der Waals surface area contributed by atoms with Crippen molar-refractivity contribution in [2.75, 3.05) is 0 Å². The van der Waals surface area contributed by atoms with Crippen LogP contribution in [0.3, 0.4) is 0 Å². The lowest BCUT2D eigenvalue weighted by atomic mass is 9.95. The molecule has 172 valence electrons. The lowest BCUT2D eigenvalue weighted by molar-refractivity contribution is -0.137. The lowest BCUT2D eigenvalue weighted by Gasteiger charge is -2.16. The van der Waals surface area contributed by atoms with E-state index in [0.717, 1.165) is 12.1 Å². The lowest BCUT2D eigenvalue weighted by Crippen LogP contribution is -2.14. The third-order valence-electron chi connectivity index (χ3n) is 5.45. The fourth-order valence-electron chi connectivity index (χ4n) is 3.64. The Labute approximate surface area is 188 Å². The molecule has 1 saturated carbocycles. The van der Waals surface area contributed by atoms with Crippen molar-refractivity contribution in [3.63, 3.8) is 0 Å². The second-order valence-electron chi connectivity index (χ2n) is 8.01. The Morgan fingerprint density at radius 2 is 1.64 bits per heavy atom. The first kappa shape index (κ1) is 23.0. The molecule has 1 aliphatic carbocycles. The summed E-state index contributed by atoms with van der Waals surface area (Å²) in [5.41, 5.74) is 0.167. The summed E-state index contributed by atoms with van der Waals surface area (Å²) in [5.74, 6) is -1.16. The molecular weight excluding hydrogens is 439 g/mol. The molecule has 0 saturated heterocycles. The SMILES string of the molecule is OC(Cc1ccc(F)c(Oc2ccccc2)c1)C(F)=C(c1ccc(C(F)(F)F)cc1)C1CC1. The number of benzene rings is 3. The maximum Gasteiger partial charge on any atom is 0.416 e. The van der Waals surface area contributed by atoms with Gasteiger partial charge in [0.05, 0.1) is 5.56 Å². The first-order valence-corrected chi connectivity index (χ1v) is 10.5. The van der Waals surface area contributed by atoms with Gasteiger partial charge in [-0.05, 0) is 71.9 Å². The molecule has 2 nitrogen and oxygen atoms in total. The number of hydrogen-bond acceptors (Lipinski definition) is 2. The van der Waals surface area contributed by atoms with Crippen molar-refractivity contribution in [1.82, 2.24) is 0 Å². The molecule has 1 unspecified atom stereocenters. The minimum atomic E-state index is -4.48. The van der Waals surface area contributed by atoms with E-state index >= 15 is 4.39 Å². The number of aliphatic hydroxyl groups is 1. The third kappa shape index (κ3) is 5.60. The minimum Gasteiger partial charge on any atom is -0.454 e. The number of rotatable bonds is 7. The fraction of sp³-hybridized carbons (Fsp3) is 0.231. The van der Waals surface area contributed by atoms with Crippen molar-refractivity contribution in [2.45, 2.75) is 31.5 Å². The minimum absolute atomic E-state index is 0.0551. The molecule has 3 aromatic carbocycles. The molecule has 1 fully saturated rings. The van der Waals surface area contributed by atoms with Crippen molar-refractivity contribution < 1.29 is 31.8 Å². The topological polar surface area (TPSA) is 29.5 Å². The first-order chi connectivity index (χ1) is 15.7. The molecule has 0 amide bonds. The number of alkyl halides is 3. The van der Waals surface area contributed by atoms with E-state index in [2.05, 4.69) is 0 Å². The predicted octanol–water partition coefficient (Wildman–Crippen LogP) is 7.33. The van der Waals surface area contributed by atoms with Gasteiger partial charge in [-0.2, -0.15) is 13.2 Å². The number of hydrogen-bond donors (Lipinski definition) is 1. The van der Waals surface area contributed by atoms with E-state index in [1.54, 1.807) is 30.3 Å². The van der Waals surface area contributed by atoms with Gasteiger partial charge in [-0.15, -0.1) is 0 Å². The van der Waals surface area contributed by atoms with Crippen LogP contribution in [-0.4, -0.2) is 11.2 Å². The maximum absolute atomic E-state index is 15.3. The average Bonchev–Trinajstić information content (AvgIpc) is 3.62. The van der Waals surface area contributed by atoms with Crippen molar-refractivity contribution in [3.8, 4) is 11.5 Å². The highest BCUT2D eigenvalue weighted by Gasteiger charge is 2.34. The van der Waals surface area contributed by atoms with Gasteiger partial charge in [-0.1, -0.05) is 36.4 Å². The van der Waals surface area contributed by atoms with Crippen LogP contribution in [-0.2, 0) is 12.6 Å². The van der Waals surface area contributed by atoms with Crippen LogP contribution in [0, 0.1) is 11.7 Å². The highest BCUT2D eigenvalue weighted by atomic mass is 19.4. The molecule has 1 N–H and O–H groups in total. The standard InChI is InChI=1S/C26H21F5O2/c27-21-13-6-16(15-23(21)33-20-4-2-1-3-5-20)14-22(32)25(28)24(17-7-8-17)18-9-11-19(12-10-18)26(29,30)31/h1-6,9-13,15,17,22,32H,7-8,14H2. The smallest absolute Gasteiger partial charge is 0.416 e. The molecular formula is C26H21F5O2. The Morgan fingerprint density at radius 3 is 2.24 bits per heavy atom. The van der Waals surface area contributed by atoms with E-state index < -0.39 is 29.5 Å². The zero-order valence-corrected chi connectivity index (χ0v) is 17.4. The summed E-state index contributed by atoms with van der Waals surface area (Å²) in [6, 6.07) is 16.9. The summed E-state index contributed by atoms with van der Waals surface area (Å²) >= 11 is 0. The second-order valence-corrected chi connectivity index (χ2v) is 8.01. The molecule has 0 spiro atoms. The third-order valence-corrected chi connectivity index (χ3v) is 5.45. The Hall–Kier alpha value is -3.19. The van der Waals surface area contributed by atoms with E-state index in [9.17, 15) is 22.7 Å². The van der Waals surface area contributed by atoms with E-state index in [4.69, 9.17) is 4.74 Å². The molecule has 1 aliphatic rings. The summed E-state index contributed by atoms with van der Waals surface area (Å²) in [4.78, 5) is 0. The van der Waals surface area contributed by atoms with Gasteiger partial charge in [0, 0.05) is 6.42 Å². The molecule has 0 heterocycles. The van der Waals surface area contributed by atoms with Crippen LogP contribution in [0.1, 0.15) is 29.5 Å². The van der Waals surface area contributed by atoms with Crippen LogP contribution in [0.4, 0.5) is 22.0 Å². The Kier molecular flexibility index (Phi) is 6.51. The van der Waals surface area contributed by atoms with Gasteiger partial charge in [0.15, 0.2) is 11.6 Å². The van der Waals surface area contributed by atoms with Crippen LogP contribution in [0.15, 0.2) is 78.6 Å². The van der Waals surface area contributed by atoms with Gasteiger partial charge in [-0.25, -0.2) is 8.78 Å². The van der Waals surface area contributed by atoms with Crippen molar-refractivity contribution in [1.29, 1.82) is 0 Å². The first-order valence-electron chi connectivity index (χ1n) is 10.5. The van der Waals surface area contributed by atoms with Crippen LogP contribution < -0.4 is 4.74 Å². The molecule has 4 rings (SSSR count). The molecule has 33 heavy (non-hydrogen) atoms. The molecule has 0 radical (unpaired) electrons. The van der Waals surface area contributed by atoms with Crippen LogP contribution in [0.2, 0.25) is 0 Å². The molecule has 3 aromatic rings.